The van der Waals surface area contributed by atoms with Crippen molar-refractivity contribution in [3.05, 3.63) is 6.07 Å². The van der Waals surface area contributed by atoms with Crippen molar-refractivity contribution in [2.45, 2.75) is 19.3 Å². The number of piperidine rings is 1. The van der Waals surface area contributed by atoms with Crippen LogP contribution in [0.5, 0.6) is 5.88 Å². The van der Waals surface area contributed by atoms with Crippen LogP contribution in [0.1, 0.15) is 19.3 Å². The number of hydrogen-bond donors (Lipinski definition) is 2. The Hall–Kier alpha value is -1.63. The minimum atomic E-state index is 0.458. The first-order chi connectivity index (χ1) is 9.22. The number of hydrogen-bond acceptors (Lipinski definition) is 5. The fourth-order valence-electron chi connectivity index (χ4n) is 2.02. The number of thiocarbonyl (C=S) groups is 1. The molecule has 1 aromatic heterocycles. The normalized spacial score (nSPS) is 14.9. The van der Waals surface area contributed by atoms with Gasteiger partial charge in [0, 0.05) is 26.2 Å². The van der Waals surface area contributed by atoms with Crippen molar-refractivity contribution in [1.29, 1.82) is 0 Å². The predicted octanol–water partition coefficient (Wildman–Crippen LogP) is 1.39. The predicted molar refractivity (Wildman–Crippen MR) is 79.9 cm³/mol. The van der Waals surface area contributed by atoms with Gasteiger partial charge in [0.15, 0.2) is 5.11 Å². The van der Waals surface area contributed by atoms with Gasteiger partial charge >= 0.3 is 0 Å². The highest BCUT2D eigenvalue weighted by Gasteiger charge is 2.15. The van der Waals surface area contributed by atoms with E-state index >= 15 is 0 Å². The van der Waals surface area contributed by atoms with E-state index in [-0.39, 0.29) is 0 Å². The van der Waals surface area contributed by atoms with Gasteiger partial charge in [0.2, 0.25) is 11.8 Å². The maximum atomic E-state index is 5.22. The SMILES string of the molecule is CNC(=S)Nc1nc(OC)cc(N2CCCCC2)n1. The van der Waals surface area contributed by atoms with Gasteiger partial charge in [0.25, 0.3) is 0 Å². The number of methoxy groups -OCH3 is 1. The molecule has 0 aliphatic carbocycles. The van der Waals surface area contributed by atoms with Crippen molar-refractivity contribution in [2.75, 3.05) is 37.5 Å². The molecule has 19 heavy (non-hydrogen) atoms. The lowest BCUT2D eigenvalue weighted by Crippen LogP contribution is -2.31. The van der Waals surface area contributed by atoms with Gasteiger partial charge < -0.3 is 20.3 Å². The van der Waals surface area contributed by atoms with Crippen LogP contribution in [0.3, 0.4) is 0 Å². The molecule has 2 rings (SSSR count). The fraction of sp³-hybridized carbons (Fsp3) is 0.583. The maximum Gasteiger partial charge on any atom is 0.234 e. The van der Waals surface area contributed by atoms with E-state index in [9.17, 15) is 0 Å². The summed E-state index contributed by atoms with van der Waals surface area (Å²) in [7, 11) is 3.35. The lowest BCUT2D eigenvalue weighted by molar-refractivity contribution is 0.397. The Bertz CT molecular complexity index is 448. The summed E-state index contributed by atoms with van der Waals surface area (Å²) in [5, 5.41) is 6.26. The summed E-state index contributed by atoms with van der Waals surface area (Å²) in [6.07, 6.45) is 3.68. The molecule has 1 aliphatic heterocycles. The molecule has 0 radical (unpaired) electrons. The third kappa shape index (κ3) is 3.66. The largest absolute Gasteiger partial charge is 0.481 e. The topological polar surface area (TPSA) is 62.3 Å². The van der Waals surface area contributed by atoms with Crippen molar-refractivity contribution < 1.29 is 4.74 Å². The van der Waals surface area contributed by atoms with E-state index in [1.165, 1.54) is 19.3 Å². The molecule has 0 atom stereocenters. The molecule has 6 nitrogen and oxygen atoms in total. The van der Waals surface area contributed by atoms with Gasteiger partial charge in [-0.3, -0.25) is 0 Å². The van der Waals surface area contributed by atoms with E-state index in [4.69, 9.17) is 17.0 Å². The second kappa shape index (κ2) is 6.51. The first-order valence-electron chi connectivity index (χ1n) is 6.39. The van der Waals surface area contributed by atoms with Gasteiger partial charge in [-0.15, -0.1) is 0 Å². The van der Waals surface area contributed by atoms with Gasteiger partial charge in [-0.1, -0.05) is 0 Å². The van der Waals surface area contributed by atoms with Crippen LogP contribution in [0.15, 0.2) is 6.07 Å². The molecule has 0 bridgehead atoms. The number of aromatic nitrogens is 2. The standard InChI is InChI=1S/C12H19N5OS/c1-13-12(19)16-11-14-9(8-10(15-11)18-2)17-6-4-3-5-7-17/h8H,3-7H2,1-2H3,(H2,13,14,15,16,19). The number of rotatable bonds is 3. The van der Waals surface area contributed by atoms with Crippen LogP contribution in [0, 0.1) is 0 Å². The highest BCUT2D eigenvalue weighted by molar-refractivity contribution is 7.80. The summed E-state index contributed by atoms with van der Waals surface area (Å²) in [5.41, 5.74) is 0. The molecule has 1 fully saturated rings. The molecule has 0 saturated carbocycles. The van der Waals surface area contributed by atoms with E-state index in [1.807, 2.05) is 6.07 Å². The zero-order valence-corrected chi connectivity index (χ0v) is 12.1. The van der Waals surface area contributed by atoms with Crippen molar-refractivity contribution >= 4 is 29.1 Å². The summed E-state index contributed by atoms with van der Waals surface area (Å²) in [6, 6.07) is 1.86. The Kier molecular flexibility index (Phi) is 4.73. The second-order valence-corrected chi connectivity index (χ2v) is 4.75. The van der Waals surface area contributed by atoms with Crippen LogP contribution in [0.2, 0.25) is 0 Å². The zero-order valence-electron chi connectivity index (χ0n) is 11.3. The van der Waals surface area contributed by atoms with Gasteiger partial charge in [0.05, 0.1) is 7.11 Å². The number of nitrogens with zero attached hydrogens (tertiary/aromatic N) is 3. The molecule has 104 valence electrons. The smallest absolute Gasteiger partial charge is 0.234 e. The summed E-state index contributed by atoms with van der Waals surface area (Å²) in [5.74, 6) is 1.88. The molecular weight excluding hydrogens is 262 g/mol. The second-order valence-electron chi connectivity index (χ2n) is 4.34. The number of nitrogens with one attached hydrogen (secondary N) is 2. The molecule has 0 unspecified atom stereocenters. The van der Waals surface area contributed by atoms with Crippen molar-refractivity contribution in [1.82, 2.24) is 15.3 Å². The number of anilines is 2. The monoisotopic (exact) mass is 281 g/mol. The van der Waals surface area contributed by atoms with E-state index in [0.29, 0.717) is 16.9 Å². The summed E-state index contributed by atoms with van der Waals surface area (Å²) < 4.78 is 5.22. The fourth-order valence-corrected chi connectivity index (χ4v) is 2.11. The van der Waals surface area contributed by atoms with Crippen molar-refractivity contribution in [3.8, 4) is 5.88 Å². The molecule has 2 heterocycles. The molecule has 1 aromatic rings. The molecule has 7 heteroatoms. The van der Waals surface area contributed by atoms with Gasteiger partial charge in [-0.25, -0.2) is 0 Å². The molecule has 0 aromatic carbocycles. The molecule has 0 amide bonds. The lowest BCUT2D eigenvalue weighted by Gasteiger charge is -2.28. The highest BCUT2D eigenvalue weighted by Crippen LogP contribution is 2.22. The van der Waals surface area contributed by atoms with E-state index in [1.54, 1.807) is 14.2 Å². The Morgan fingerprint density at radius 3 is 2.68 bits per heavy atom. The zero-order chi connectivity index (χ0) is 13.7. The van der Waals surface area contributed by atoms with Gasteiger partial charge in [0.1, 0.15) is 5.82 Å². The summed E-state index contributed by atoms with van der Waals surface area (Å²) in [6.45, 7) is 2.05. The van der Waals surface area contributed by atoms with Crippen LogP contribution >= 0.6 is 12.2 Å². The number of ether oxygens (including phenoxy) is 1. The minimum Gasteiger partial charge on any atom is -0.481 e. The summed E-state index contributed by atoms with van der Waals surface area (Å²) >= 11 is 5.06. The van der Waals surface area contributed by atoms with E-state index < -0.39 is 0 Å². The molecular formula is C12H19N5OS. The quantitative estimate of drug-likeness (QED) is 0.812. The highest BCUT2D eigenvalue weighted by atomic mass is 32.1. The lowest BCUT2D eigenvalue weighted by atomic mass is 10.1. The Balaban J connectivity index is 2.21. The maximum absolute atomic E-state index is 5.22. The Morgan fingerprint density at radius 2 is 2.05 bits per heavy atom. The van der Waals surface area contributed by atoms with Crippen molar-refractivity contribution in [2.24, 2.45) is 0 Å². The first-order valence-corrected chi connectivity index (χ1v) is 6.80. The average molecular weight is 281 g/mol. The Morgan fingerprint density at radius 1 is 1.32 bits per heavy atom. The molecule has 2 N–H and O–H groups in total. The van der Waals surface area contributed by atoms with Gasteiger partial charge in [-0.05, 0) is 31.5 Å². The minimum absolute atomic E-state index is 0.458. The van der Waals surface area contributed by atoms with Gasteiger partial charge in [-0.2, -0.15) is 9.97 Å². The van der Waals surface area contributed by atoms with Crippen LogP contribution in [0.25, 0.3) is 0 Å². The summed E-state index contributed by atoms with van der Waals surface area (Å²) in [4.78, 5) is 11.0. The van der Waals surface area contributed by atoms with Crippen LogP contribution in [-0.4, -0.2) is 42.3 Å². The average Bonchev–Trinajstić information content (AvgIpc) is 2.47. The third-order valence-electron chi connectivity index (χ3n) is 3.03. The van der Waals surface area contributed by atoms with E-state index in [2.05, 4.69) is 25.5 Å². The van der Waals surface area contributed by atoms with Crippen LogP contribution in [-0.2, 0) is 0 Å². The van der Waals surface area contributed by atoms with E-state index in [0.717, 1.165) is 18.9 Å². The molecule has 0 spiro atoms. The van der Waals surface area contributed by atoms with Crippen molar-refractivity contribution in [3.63, 3.8) is 0 Å². The first kappa shape index (κ1) is 13.8. The molecule has 1 aliphatic rings. The third-order valence-corrected chi connectivity index (χ3v) is 3.34. The molecule has 1 saturated heterocycles. The van der Waals surface area contributed by atoms with Crippen LogP contribution < -0.4 is 20.3 Å². The Labute approximate surface area is 118 Å². The van der Waals surface area contributed by atoms with Crippen LogP contribution in [0.4, 0.5) is 11.8 Å².